The van der Waals surface area contributed by atoms with Crippen LogP contribution in [0.4, 0.5) is 0 Å². The zero-order valence-corrected chi connectivity index (χ0v) is 18.3. The standard InChI is InChI=1S/C27H22N2O4/c1-18-13-23(31-17-20-15-28-29(16-20)21-9-5-3-6-10-21)14-24-25(18)26(30)27(19(2)32-24)33-22-11-7-4-8-12-22/h3-16H,17H2,1-2H3. The first-order valence-electron chi connectivity index (χ1n) is 10.6. The van der Waals surface area contributed by atoms with Gasteiger partial charge in [-0.1, -0.05) is 36.4 Å². The summed E-state index contributed by atoms with van der Waals surface area (Å²) >= 11 is 0. The molecule has 6 nitrogen and oxygen atoms in total. The van der Waals surface area contributed by atoms with E-state index in [1.165, 1.54) is 0 Å². The van der Waals surface area contributed by atoms with Crippen LogP contribution in [0.2, 0.25) is 0 Å². The fourth-order valence-corrected chi connectivity index (χ4v) is 3.71. The summed E-state index contributed by atoms with van der Waals surface area (Å²) in [7, 11) is 0. The van der Waals surface area contributed by atoms with Crippen molar-refractivity contribution in [2.75, 3.05) is 0 Å². The van der Waals surface area contributed by atoms with Gasteiger partial charge in [0.25, 0.3) is 0 Å². The number of aromatic nitrogens is 2. The number of nitrogens with zero attached hydrogens (tertiary/aromatic N) is 2. The molecule has 2 aromatic heterocycles. The van der Waals surface area contributed by atoms with Crippen LogP contribution in [0.3, 0.4) is 0 Å². The Labute approximate surface area is 190 Å². The third kappa shape index (κ3) is 4.23. The van der Waals surface area contributed by atoms with Gasteiger partial charge in [0.1, 0.15) is 29.4 Å². The summed E-state index contributed by atoms with van der Waals surface area (Å²) in [5.41, 5.74) is 2.93. The summed E-state index contributed by atoms with van der Waals surface area (Å²) in [6.45, 7) is 3.93. The Morgan fingerprint density at radius 3 is 2.42 bits per heavy atom. The Bertz CT molecular complexity index is 1470. The number of fused-ring (bicyclic) bond motifs is 1. The molecule has 5 rings (SSSR count). The SMILES string of the molecule is Cc1oc2cc(OCc3cnn(-c4ccccc4)c3)cc(C)c2c(=O)c1Oc1ccccc1. The van der Waals surface area contributed by atoms with Gasteiger partial charge in [0.15, 0.2) is 0 Å². The van der Waals surface area contributed by atoms with Gasteiger partial charge in [-0.2, -0.15) is 5.10 Å². The number of hydrogen-bond acceptors (Lipinski definition) is 5. The first-order chi connectivity index (χ1) is 16.1. The molecule has 0 bridgehead atoms. The number of hydrogen-bond donors (Lipinski definition) is 0. The maximum Gasteiger partial charge on any atom is 0.235 e. The second-order valence-corrected chi connectivity index (χ2v) is 7.76. The van der Waals surface area contributed by atoms with Gasteiger partial charge in [-0.3, -0.25) is 4.79 Å². The van der Waals surface area contributed by atoms with Gasteiger partial charge in [0, 0.05) is 17.8 Å². The predicted molar refractivity (Wildman–Crippen MR) is 126 cm³/mol. The van der Waals surface area contributed by atoms with Gasteiger partial charge in [-0.25, -0.2) is 4.68 Å². The van der Waals surface area contributed by atoms with Crippen LogP contribution in [0.5, 0.6) is 17.2 Å². The number of para-hydroxylation sites is 2. The van der Waals surface area contributed by atoms with E-state index in [-0.39, 0.29) is 11.2 Å². The van der Waals surface area contributed by atoms with Crippen molar-refractivity contribution < 1.29 is 13.9 Å². The molecule has 33 heavy (non-hydrogen) atoms. The highest BCUT2D eigenvalue weighted by Gasteiger charge is 2.17. The lowest BCUT2D eigenvalue weighted by Crippen LogP contribution is -2.09. The normalized spacial score (nSPS) is 11.0. The number of benzene rings is 3. The Morgan fingerprint density at radius 2 is 1.67 bits per heavy atom. The lowest BCUT2D eigenvalue weighted by Gasteiger charge is -2.12. The molecule has 0 saturated heterocycles. The molecule has 0 aliphatic heterocycles. The van der Waals surface area contributed by atoms with Gasteiger partial charge in [-0.05, 0) is 49.7 Å². The minimum Gasteiger partial charge on any atom is -0.489 e. The first-order valence-corrected chi connectivity index (χ1v) is 10.6. The van der Waals surface area contributed by atoms with Crippen molar-refractivity contribution in [1.82, 2.24) is 9.78 Å². The molecular formula is C27H22N2O4. The van der Waals surface area contributed by atoms with Crippen molar-refractivity contribution in [2.24, 2.45) is 0 Å². The highest BCUT2D eigenvalue weighted by Crippen LogP contribution is 2.29. The number of aryl methyl sites for hydroxylation is 2. The zero-order valence-electron chi connectivity index (χ0n) is 18.3. The van der Waals surface area contributed by atoms with Crippen molar-refractivity contribution >= 4 is 11.0 Å². The number of ether oxygens (including phenoxy) is 2. The molecule has 0 atom stereocenters. The Morgan fingerprint density at radius 1 is 0.939 bits per heavy atom. The van der Waals surface area contributed by atoms with Crippen molar-refractivity contribution in [3.05, 3.63) is 112 Å². The molecule has 0 saturated carbocycles. The predicted octanol–water partition coefficient (Wildman–Crippen LogP) is 5.97. The quantitative estimate of drug-likeness (QED) is 0.327. The maximum absolute atomic E-state index is 13.2. The largest absolute Gasteiger partial charge is 0.489 e. The van der Waals surface area contributed by atoms with Crippen molar-refractivity contribution in [2.45, 2.75) is 20.5 Å². The Hall–Kier alpha value is -4.32. The van der Waals surface area contributed by atoms with Gasteiger partial charge < -0.3 is 13.9 Å². The summed E-state index contributed by atoms with van der Waals surface area (Å²) in [5.74, 6) is 1.81. The molecule has 164 valence electrons. The highest BCUT2D eigenvalue weighted by molar-refractivity contribution is 5.83. The fraction of sp³-hybridized carbons (Fsp3) is 0.111. The minimum absolute atomic E-state index is 0.193. The van der Waals surface area contributed by atoms with Crippen LogP contribution in [-0.4, -0.2) is 9.78 Å². The van der Waals surface area contributed by atoms with E-state index in [1.807, 2.05) is 67.7 Å². The topological polar surface area (TPSA) is 66.5 Å². The monoisotopic (exact) mass is 438 g/mol. The molecule has 0 N–H and O–H groups in total. The Kier molecular flexibility index (Phi) is 5.40. The molecular weight excluding hydrogens is 416 g/mol. The molecule has 3 aromatic carbocycles. The van der Waals surface area contributed by atoms with Gasteiger partial charge >= 0.3 is 0 Å². The molecule has 0 spiro atoms. The van der Waals surface area contributed by atoms with Crippen LogP contribution in [-0.2, 0) is 6.61 Å². The first kappa shape index (κ1) is 20.6. The van der Waals surface area contributed by atoms with Crippen LogP contribution in [0.25, 0.3) is 16.7 Å². The molecule has 2 heterocycles. The molecule has 5 aromatic rings. The summed E-state index contributed by atoms with van der Waals surface area (Å²) < 4.78 is 19.6. The number of rotatable bonds is 6. The maximum atomic E-state index is 13.2. The molecule has 0 fully saturated rings. The molecule has 0 amide bonds. The fourth-order valence-electron chi connectivity index (χ4n) is 3.71. The molecule has 0 unspecified atom stereocenters. The van der Waals surface area contributed by atoms with E-state index in [9.17, 15) is 4.79 Å². The van der Waals surface area contributed by atoms with Crippen LogP contribution in [0.1, 0.15) is 16.9 Å². The minimum atomic E-state index is -0.203. The average molecular weight is 438 g/mol. The van der Waals surface area contributed by atoms with Gasteiger partial charge in [-0.15, -0.1) is 0 Å². The van der Waals surface area contributed by atoms with E-state index in [2.05, 4.69) is 5.10 Å². The summed E-state index contributed by atoms with van der Waals surface area (Å²) in [4.78, 5) is 13.2. The lowest BCUT2D eigenvalue weighted by atomic mass is 10.1. The molecule has 0 radical (unpaired) electrons. The molecule has 0 aliphatic rings. The second-order valence-electron chi connectivity index (χ2n) is 7.76. The third-order valence-corrected chi connectivity index (χ3v) is 5.31. The van der Waals surface area contributed by atoms with Crippen LogP contribution in [0.15, 0.2) is 94.4 Å². The van der Waals surface area contributed by atoms with Gasteiger partial charge in [0.05, 0.1) is 17.3 Å². The smallest absolute Gasteiger partial charge is 0.235 e. The third-order valence-electron chi connectivity index (χ3n) is 5.31. The van der Waals surface area contributed by atoms with Crippen molar-refractivity contribution in [1.29, 1.82) is 0 Å². The summed E-state index contributed by atoms with van der Waals surface area (Å²) in [6.07, 6.45) is 3.71. The second kappa shape index (κ2) is 8.67. The van der Waals surface area contributed by atoms with Crippen LogP contribution in [0, 0.1) is 13.8 Å². The Balaban J connectivity index is 1.40. The van der Waals surface area contributed by atoms with Crippen molar-refractivity contribution in [3.63, 3.8) is 0 Å². The molecule has 6 heteroatoms. The highest BCUT2D eigenvalue weighted by atomic mass is 16.5. The average Bonchev–Trinajstić information content (AvgIpc) is 3.30. The zero-order chi connectivity index (χ0) is 22.8. The van der Waals surface area contributed by atoms with E-state index >= 15 is 0 Å². The summed E-state index contributed by atoms with van der Waals surface area (Å²) in [6, 6.07) is 22.7. The van der Waals surface area contributed by atoms with Crippen molar-refractivity contribution in [3.8, 4) is 22.9 Å². The van der Waals surface area contributed by atoms with Crippen LogP contribution < -0.4 is 14.9 Å². The van der Waals surface area contributed by atoms with E-state index in [1.54, 1.807) is 36.0 Å². The van der Waals surface area contributed by atoms with E-state index < -0.39 is 0 Å². The van der Waals surface area contributed by atoms with Crippen LogP contribution >= 0.6 is 0 Å². The molecule has 0 aliphatic carbocycles. The lowest BCUT2D eigenvalue weighted by molar-refractivity contribution is 0.306. The van der Waals surface area contributed by atoms with E-state index in [0.717, 1.165) is 16.8 Å². The summed E-state index contributed by atoms with van der Waals surface area (Å²) in [5, 5.41) is 4.88. The van der Waals surface area contributed by atoms with E-state index in [0.29, 0.717) is 34.8 Å². The van der Waals surface area contributed by atoms with E-state index in [4.69, 9.17) is 13.9 Å². The van der Waals surface area contributed by atoms with Gasteiger partial charge in [0.2, 0.25) is 11.2 Å².